The van der Waals surface area contributed by atoms with E-state index in [0.29, 0.717) is 6.04 Å². The summed E-state index contributed by atoms with van der Waals surface area (Å²) in [5.41, 5.74) is -0.444. The van der Waals surface area contributed by atoms with Crippen molar-refractivity contribution in [3.05, 3.63) is 0 Å². The standard InChI is InChI=1S/C19H40N2O2/c1-7-9-11-13-17(14-12-10-8-2)20-15-16(3)21-18(22)23-19(4,5)6/h16-17,20H,7-15H2,1-6H3,(H,21,22). The summed E-state index contributed by atoms with van der Waals surface area (Å²) in [4.78, 5) is 11.8. The average molecular weight is 329 g/mol. The summed E-state index contributed by atoms with van der Waals surface area (Å²) in [5, 5.41) is 6.54. The molecule has 0 aromatic carbocycles. The molecule has 1 unspecified atom stereocenters. The van der Waals surface area contributed by atoms with Crippen LogP contribution >= 0.6 is 0 Å². The maximum absolute atomic E-state index is 11.8. The van der Waals surface area contributed by atoms with Crippen LogP contribution in [0.15, 0.2) is 0 Å². The number of carbonyl (C=O) groups is 1. The number of alkyl carbamates (subject to hydrolysis) is 1. The van der Waals surface area contributed by atoms with Gasteiger partial charge in [0.25, 0.3) is 0 Å². The van der Waals surface area contributed by atoms with E-state index in [1.807, 2.05) is 27.7 Å². The third-order valence-corrected chi connectivity index (χ3v) is 3.79. The van der Waals surface area contributed by atoms with Crippen molar-refractivity contribution in [3.63, 3.8) is 0 Å². The summed E-state index contributed by atoms with van der Waals surface area (Å²) in [5.74, 6) is 0. The topological polar surface area (TPSA) is 50.4 Å². The summed E-state index contributed by atoms with van der Waals surface area (Å²) in [6, 6.07) is 0.640. The van der Waals surface area contributed by atoms with Crippen LogP contribution in [0.1, 0.15) is 92.9 Å². The number of carbonyl (C=O) groups excluding carboxylic acids is 1. The minimum absolute atomic E-state index is 0.0738. The number of amides is 1. The zero-order chi connectivity index (χ0) is 17.7. The zero-order valence-electron chi connectivity index (χ0n) is 16.3. The molecule has 0 fully saturated rings. The molecule has 2 N–H and O–H groups in total. The Morgan fingerprint density at radius 3 is 1.96 bits per heavy atom. The highest BCUT2D eigenvalue weighted by molar-refractivity contribution is 5.68. The van der Waals surface area contributed by atoms with Crippen LogP contribution < -0.4 is 10.6 Å². The summed E-state index contributed by atoms with van der Waals surface area (Å²) < 4.78 is 5.30. The van der Waals surface area contributed by atoms with Crippen LogP contribution in [0.3, 0.4) is 0 Å². The van der Waals surface area contributed by atoms with Gasteiger partial charge in [0.05, 0.1) is 0 Å². The van der Waals surface area contributed by atoms with Gasteiger partial charge in [0.2, 0.25) is 0 Å². The maximum atomic E-state index is 11.8. The summed E-state index contributed by atoms with van der Waals surface area (Å²) in [6.07, 6.45) is 9.84. The molecule has 0 saturated carbocycles. The molecular weight excluding hydrogens is 288 g/mol. The first kappa shape index (κ1) is 22.2. The van der Waals surface area contributed by atoms with E-state index in [0.717, 1.165) is 6.54 Å². The van der Waals surface area contributed by atoms with Gasteiger partial charge in [0.15, 0.2) is 0 Å². The van der Waals surface area contributed by atoms with Crippen molar-refractivity contribution in [3.8, 4) is 0 Å². The molecule has 0 aliphatic rings. The Balaban J connectivity index is 4.11. The Morgan fingerprint density at radius 1 is 1.00 bits per heavy atom. The SMILES string of the molecule is CCCCCC(CCCCC)NCC(C)NC(=O)OC(C)(C)C. The highest BCUT2D eigenvalue weighted by Crippen LogP contribution is 2.11. The fourth-order valence-electron chi connectivity index (χ4n) is 2.53. The second kappa shape index (κ2) is 12.6. The fourth-order valence-corrected chi connectivity index (χ4v) is 2.53. The van der Waals surface area contributed by atoms with E-state index in [-0.39, 0.29) is 12.1 Å². The maximum Gasteiger partial charge on any atom is 0.407 e. The Morgan fingerprint density at radius 2 is 1.52 bits per heavy atom. The molecule has 0 aliphatic heterocycles. The predicted octanol–water partition coefficient (Wildman–Crippen LogP) is 5.02. The van der Waals surface area contributed by atoms with Crippen LogP contribution in [0, 0.1) is 0 Å². The smallest absolute Gasteiger partial charge is 0.407 e. The first-order valence-electron chi connectivity index (χ1n) is 9.51. The van der Waals surface area contributed by atoms with Crippen molar-refractivity contribution in [2.75, 3.05) is 6.54 Å². The third-order valence-electron chi connectivity index (χ3n) is 3.79. The number of unbranched alkanes of at least 4 members (excludes halogenated alkanes) is 4. The van der Waals surface area contributed by atoms with E-state index in [2.05, 4.69) is 24.5 Å². The Hall–Kier alpha value is -0.770. The average Bonchev–Trinajstić information content (AvgIpc) is 2.42. The van der Waals surface area contributed by atoms with E-state index in [9.17, 15) is 4.79 Å². The molecule has 0 bridgehead atoms. The van der Waals surface area contributed by atoms with Gasteiger partial charge >= 0.3 is 6.09 Å². The van der Waals surface area contributed by atoms with E-state index < -0.39 is 5.60 Å². The van der Waals surface area contributed by atoms with Crippen molar-refractivity contribution >= 4 is 6.09 Å². The fraction of sp³-hybridized carbons (Fsp3) is 0.947. The minimum Gasteiger partial charge on any atom is -0.444 e. The van der Waals surface area contributed by atoms with Gasteiger partial charge < -0.3 is 15.4 Å². The molecule has 0 heterocycles. The van der Waals surface area contributed by atoms with Gasteiger partial charge in [-0.05, 0) is 40.5 Å². The van der Waals surface area contributed by atoms with Gasteiger partial charge in [0, 0.05) is 18.6 Å². The van der Waals surface area contributed by atoms with Crippen LogP contribution in [0.25, 0.3) is 0 Å². The zero-order valence-corrected chi connectivity index (χ0v) is 16.3. The number of hydrogen-bond acceptors (Lipinski definition) is 3. The molecule has 4 heteroatoms. The molecule has 1 amide bonds. The van der Waals surface area contributed by atoms with Crippen LogP contribution in [-0.4, -0.2) is 30.3 Å². The molecule has 0 saturated heterocycles. The molecule has 0 radical (unpaired) electrons. The molecule has 0 aromatic rings. The Bertz CT molecular complexity index is 290. The molecule has 0 aromatic heterocycles. The second-order valence-corrected chi connectivity index (χ2v) is 7.64. The molecule has 0 rings (SSSR count). The molecule has 4 nitrogen and oxygen atoms in total. The number of ether oxygens (including phenoxy) is 1. The van der Waals surface area contributed by atoms with Crippen molar-refractivity contribution in [2.24, 2.45) is 0 Å². The van der Waals surface area contributed by atoms with E-state index in [4.69, 9.17) is 4.74 Å². The number of hydrogen-bond donors (Lipinski definition) is 2. The molecule has 0 spiro atoms. The highest BCUT2D eigenvalue weighted by atomic mass is 16.6. The number of rotatable bonds is 12. The van der Waals surface area contributed by atoms with Gasteiger partial charge in [0.1, 0.15) is 5.60 Å². The van der Waals surface area contributed by atoms with Crippen molar-refractivity contribution in [1.29, 1.82) is 0 Å². The summed E-state index contributed by atoms with van der Waals surface area (Å²) >= 11 is 0. The number of nitrogens with one attached hydrogen (secondary N) is 2. The largest absolute Gasteiger partial charge is 0.444 e. The highest BCUT2D eigenvalue weighted by Gasteiger charge is 2.18. The van der Waals surface area contributed by atoms with E-state index >= 15 is 0 Å². The van der Waals surface area contributed by atoms with Crippen molar-refractivity contribution in [1.82, 2.24) is 10.6 Å². The second-order valence-electron chi connectivity index (χ2n) is 7.64. The first-order chi connectivity index (χ1) is 10.8. The lowest BCUT2D eigenvalue weighted by Gasteiger charge is -2.24. The monoisotopic (exact) mass is 328 g/mol. The molecule has 23 heavy (non-hydrogen) atoms. The molecular formula is C19H40N2O2. The first-order valence-corrected chi connectivity index (χ1v) is 9.51. The van der Waals surface area contributed by atoms with Crippen LogP contribution in [-0.2, 0) is 4.74 Å². The summed E-state index contributed by atoms with van der Waals surface area (Å²) in [6.45, 7) is 12.9. The Labute approximate surface area is 144 Å². The quantitative estimate of drug-likeness (QED) is 0.495. The summed E-state index contributed by atoms with van der Waals surface area (Å²) in [7, 11) is 0. The van der Waals surface area contributed by atoms with E-state index in [1.165, 1.54) is 51.4 Å². The lowest BCUT2D eigenvalue weighted by atomic mass is 10.0. The minimum atomic E-state index is -0.444. The van der Waals surface area contributed by atoms with Crippen molar-refractivity contribution in [2.45, 2.75) is 111 Å². The van der Waals surface area contributed by atoms with E-state index in [1.54, 1.807) is 0 Å². The predicted molar refractivity (Wildman–Crippen MR) is 98.9 cm³/mol. The van der Waals surface area contributed by atoms with Crippen molar-refractivity contribution < 1.29 is 9.53 Å². The third kappa shape index (κ3) is 14.5. The Kier molecular flexibility index (Phi) is 12.2. The van der Waals surface area contributed by atoms with Gasteiger partial charge in [-0.15, -0.1) is 0 Å². The van der Waals surface area contributed by atoms with Crippen LogP contribution in [0.5, 0.6) is 0 Å². The van der Waals surface area contributed by atoms with Gasteiger partial charge in [-0.2, -0.15) is 0 Å². The molecule has 0 aliphatic carbocycles. The van der Waals surface area contributed by atoms with Crippen LogP contribution in [0.2, 0.25) is 0 Å². The van der Waals surface area contributed by atoms with Crippen LogP contribution in [0.4, 0.5) is 4.79 Å². The lowest BCUT2D eigenvalue weighted by Crippen LogP contribution is -2.45. The molecule has 138 valence electrons. The normalized spacial score (nSPS) is 13.2. The van der Waals surface area contributed by atoms with Gasteiger partial charge in [-0.1, -0.05) is 52.4 Å². The lowest BCUT2D eigenvalue weighted by molar-refractivity contribution is 0.0507. The molecule has 1 atom stereocenters. The van der Waals surface area contributed by atoms with Gasteiger partial charge in [-0.25, -0.2) is 4.79 Å². The van der Waals surface area contributed by atoms with Gasteiger partial charge in [-0.3, -0.25) is 0 Å².